The van der Waals surface area contributed by atoms with Crippen LogP contribution in [0.5, 0.6) is 5.75 Å². The topological polar surface area (TPSA) is 90.1 Å². The molecule has 0 amide bonds. The van der Waals surface area contributed by atoms with Crippen molar-refractivity contribution in [2.45, 2.75) is 78.0 Å². The minimum Gasteiger partial charge on any atom is -0.489 e. The number of rotatable bonds is 7. The third-order valence-corrected chi connectivity index (χ3v) is 8.40. The molecule has 40 heavy (non-hydrogen) atoms. The molecule has 1 saturated heterocycles. The molecule has 6 rings (SSSR count). The number of nitrogens with zero attached hydrogens (tertiary/aromatic N) is 6. The Bertz CT molecular complexity index is 1570. The Morgan fingerprint density at radius 1 is 1.07 bits per heavy atom. The fourth-order valence-corrected chi connectivity index (χ4v) is 6.40. The predicted molar refractivity (Wildman–Crippen MR) is 159 cm³/mol. The van der Waals surface area contributed by atoms with Crippen molar-refractivity contribution in [1.82, 2.24) is 29.2 Å². The zero-order valence-corrected chi connectivity index (χ0v) is 24.0. The Morgan fingerprint density at radius 3 is 2.58 bits per heavy atom. The van der Waals surface area contributed by atoms with Gasteiger partial charge in [0.05, 0.1) is 17.3 Å². The lowest BCUT2D eigenvalue weighted by Gasteiger charge is -2.30. The van der Waals surface area contributed by atoms with Crippen LogP contribution in [-0.2, 0) is 6.54 Å². The Labute approximate surface area is 235 Å². The van der Waals surface area contributed by atoms with Gasteiger partial charge >= 0.3 is 0 Å². The number of piperidine rings is 1. The van der Waals surface area contributed by atoms with Crippen LogP contribution in [0, 0.1) is 13.8 Å². The van der Waals surface area contributed by atoms with Crippen LogP contribution >= 0.6 is 0 Å². The summed E-state index contributed by atoms with van der Waals surface area (Å²) in [6, 6.07) is 10.2. The van der Waals surface area contributed by atoms with Crippen LogP contribution in [0.25, 0.3) is 22.2 Å². The summed E-state index contributed by atoms with van der Waals surface area (Å²) in [6.07, 6.45) is 9.03. The number of pyridine rings is 1. The quantitative estimate of drug-likeness (QED) is 0.325. The lowest BCUT2D eigenvalue weighted by Crippen LogP contribution is -2.38. The summed E-state index contributed by atoms with van der Waals surface area (Å²) in [5, 5.41) is 8.98. The van der Waals surface area contributed by atoms with Crippen molar-refractivity contribution in [3.05, 3.63) is 58.3 Å². The lowest BCUT2D eigenvalue weighted by atomic mass is 10.0. The number of ether oxygens (including phenoxy) is 1. The summed E-state index contributed by atoms with van der Waals surface area (Å²) in [5.41, 5.74) is 4.99. The highest BCUT2D eigenvalue weighted by molar-refractivity contribution is 5.83. The molecule has 210 valence electrons. The maximum Gasteiger partial charge on any atom is 0.260 e. The van der Waals surface area contributed by atoms with Crippen LogP contribution < -0.4 is 15.6 Å². The van der Waals surface area contributed by atoms with Gasteiger partial charge in [-0.25, -0.2) is 4.98 Å². The Hall–Kier alpha value is -3.72. The van der Waals surface area contributed by atoms with Gasteiger partial charge in [-0.15, -0.1) is 0 Å². The van der Waals surface area contributed by atoms with Crippen molar-refractivity contribution >= 4 is 22.7 Å². The number of hydrogen-bond acceptors (Lipinski definition) is 7. The van der Waals surface area contributed by atoms with Gasteiger partial charge < -0.3 is 15.0 Å². The van der Waals surface area contributed by atoms with Crippen molar-refractivity contribution in [2.75, 3.05) is 25.5 Å². The SMILES string of the molecule is CCn1c(=O)c(-c2c(C)nn(C3CCCC3)c2C)cc2cnc(Nc3ccc(OC4CCCN(C)C4)cc3)nc21. The average Bonchev–Trinajstić information content (AvgIpc) is 3.57. The van der Waals surface area contributed by atoms with E-state index in [1.165, 1.54) is 12.8 Å². The highest BCUT2D eigenvalue weighted by Gasteiger charge is 2.25. The molecular formula is C31H39N7O2. The summed E-state index contributed by atoms with van der Waals surface area (Å²) >= 11 is 0. The molecule has 0 spiro atoms. The minimum absolute atomic E-state index is 0.0494. The third kappa shape index (κ3) is 5.10. The Balaban J connectivity index is 1.26. The van der Waals surface area contributed by atoms with Crippen molar-refractivity contribution in [3.63, 3.8) is 0 Å². The van der Waals surface area contributed by atoms with Gasteiger partial charge in [0.2, 0.25) is 5.95 Å². The van der Waals surface area contributed by atoms with Crippen molar-refractivity contribution in [3.8, 4) is 16.9 Å². The van der Waals surface area contributed by atoms with Crippen LogP contribution in [0.15, 0.2) is 41.3 Å². The summed E-state index contributed by atoms with van der Waals surface area (Å²) in [4.78, 5) is 25.4. The number of likely N-dealkylation sites (tertiary alicyclic amines) is 1. The first-order valence-electron chi connectivity index (χ1n) is 14.6. The largest absolute Gasteiger partial charge is 0.489 e. The summed E-state index contributed by atoms with van der Waals surface area (Å²) in [7, 11) is 2.14. The number of aryl methyl sites for hydroxylation is 2. The molecule has 9 heteroatoms. The van der Waals surface area contributed by atoms with Crippen LogP contribution in [0.4, 0.5) is 11.6 Å². The normalized spacial score (nSPS) is 18.4. The van der Waals surface area contributed by atoms with E-state index in [9.17, 15) is 4.79 Å². The van der Waals surface area contributed by atoms with Gasteiger partial charge in [0, 0.05) is 41.6 Å². The summed E-state index contributed by atoms with van der Waals surface area (Å²) < 4.78 is 10.1. The maximum absolute atomic E-state index is 13.8. The fraction of sp³-hybridized carbons (Fsp3) is 0.484. The monoisotopic (exact) mass is 541 g/mol. The molecule has 0 radical (unpaired) electrons. The molecule has 9 nitrogen and oxygen atoms in total. The lowest BCUT2D eigenvalue weighted by molar-refractivity contribution is 0.104. The van der Waals surface area contributed by atoms with E-state index in [2.05, 4.69) is 33.9 Å². The zero-order valence-electron chi connectivity index (χ0n) is 24.0. The number of nitrogens with one attached hydrogen (secondary N) is 1. The first-order chi connectivity index (χ1) is 19.4. The molecule has 2 aliphatic rings. The van der Waals surface area contributed by atoms with E-state index in [1.54, 1.807) is 10.8 Å². The van der Waals surface area contributed by atoms with E-state index < -0.39 is 0 Å². The molecule has 1 aromatic carbocycles. The second kappa shape index (κ2) is 11.0. The molecule has 1 aliphatic heterocycles. The van der Waals surface area contributed by atoms with Crippen LogP contribution in [0.2, 0.25) is 0 Å². The third-order valence-electron chi connectivity index (χ3n) is 8.40. The van der Waals surface area contributed by atoms with Gasteiger partial charge in [0.25, 0.3) is 5.56 Å². The first-order valence-corrected chi connectivity index (χ1v) is 14.6. The highest BCUT2D eigenvalue weighted by atomic mass is 16.5. The molecule has 4 aromatic rings. The number of hydrogen-bond donors (Lipinski definition) is 1. The van der Waals surface area contributed by atoms with Gasteiger partial charge in [0.15, 0.2) is 0 Å². The number of fused-ring (bicyclic) bond motifs is 1. The zero-order chi connectivity index (χ0) is 27.8. The van der Waals surface area contributed by atoms with Crippen molar-refractivity contribution < 1.29 is 4.74 Å². The summed E-state index contributed by atoms with van der Waals surface area (Å²) in [6.45, 7) is 8.66. The van der Waals surface area contributed by atoms with E-state index in [-0.39, 0.29) is 11.7 Å². The van der Waals surface area contributed by atoms with E-state index in [0.717, 1.165) is 72.5 Å². The van der Waals surface area contributed by atoms with Crippen LogP contribution in [0.3, 0.4) is 0 Å². The van der Waals surface area contributed by atoms with E-state index in [4.69, 9.17) is 14.8 Å². The molecule has 3 aromatic heterocycles. The molecule has 1 saturated carbocycles. The van der Waals surface area contributed by atoms with Crippen molar-refractivity contribution in [1.29, 1.82) is 0 Å². The summed E-state index contributed by atoms with van der Waals surface area (Å²) in [5.74, 6) is 1.31. The molecular weight excluding hydrogens is 502 g/mol. The second-order valence-corrected chi connectivity index (χ2v) is 11.3. The smallest absolute Gasteiger partial charge is 0.260 e. The molecule has 1 unspecified atom stereocenters. The fourth-order valence-electron chi connectivity index (χ4n) is 6.40. The molecule has 2 fully saturated rings. The van der Waals surface area contributed by atoms with Crippen LogP contribution in [0.1, 0.15) is 62.9 Å². The van der Waals surface area contributed by atoms with Gasteiger partial charge in [-0.05, 0) is 90.4 Å². The van der Waals surface area contributed by atoms with Gasteiger partial charge in [0.1, 0.15) is 17.5 Å². The molecule has 0 bridgehead atoms. The number of anilines is 2. The van der Waals surface area contributed by atoms with E-state index in [1.807, 2.05) is 44.2 Å². The van der Waals surface area contributed by atoms with Gasteiger partial charge in [-0.1, -0.05) is 12.8 Å². The standard InChI is InChI=1S/C31H39N7O2/c1-5-37-29-22(17-27(30(37)39)28-20(2)35-38(21(28)3)24-9-6-7-10-24)18-32-31(34-29)33-23-12-14-25(15-13-23)40-26-11-8-16-36(4)19-26/h12-15,17-18,24,26H,5-11,16,19H2,1-4H3,(H,32,33,34). The van der Waals surface area contributed by atoms with E-state index in [0.29, 0.717) is 29.7 Å². The molecule has 4 heterocycles. The highest BCUT2D eigenvalue weighted by Crippen LogP contribution is 2.34. The molecule has 1 aliphatic carbocycles. The minimum atomic E-state index is -0.0494. The Kier molecular flexibility index (Phi) is 7.31. The molecule has 1 atom stereocenters. The van der Waals surface area contributed by atoms with Gasteiger partial charge in [-0.3, -0.25) is 14.0 Å². The van der Waals surface area contributed by atoms with Crippen molar-refractivity contribution in [2.24, 2.45) is 0 Å². The maximum atomic E-state index is 13.8. The average molecular weight is 542 g/mol. The predicted octanol–water partition coefficient (Wildman–Crippen LogP) is 5.62. The number of likely N-dealkylation sites (N-methyl/N-ethyl adjacent to an activating group) is 1. The Morgan fingerprint density at radius 2 is 1.85 bits per heavy atom. The number of aromatic nitrogens is 5. The van der Waals surface area contributed by atoms with Crippen LogP contribution in [-0.4, -0.2) is 55.5 Å². The first kappa shape index (κ1) is 26.5. The van der Waals surface area contributed by atoms with Gasteiger partial charge in [-0.2, -0.15) is 10.1 Å². The molecule has 1 N–H and O–H groups in total. The second-order valence-electron chi connectivity index (χ2n) is 11.3. The number of benzene rings is 1. The van der Waals surface area contributed by atoms with E-state index >= 15 is 0 Å².